The van der Waals surface area contributed by atoms with Crippen LogP contribution in [0, 0.1) is 5.41 Å². The van der Waals surface area contributed by atoms with Gasteiger partial charge < -0.3 is 9.47 Å². The number of allylic oxidation sites excluding steroid dienone is 1. The van der Waals surface area contributed by atoms with E-state index in [0.717, 1.165) is 35.5 Å². The van der Waals surface area contributed by atoms with Crippen LogP contribution in [0.4, 0.5) is 0 Å². The highest BCUT2D eigenvalue weighted by atomic mass is 35.5. The molecule has 0 atom stereocenters. The lowest BCUT2D eigenvalue weighted by Gasteiger charge is -2.21. The minimum Gasteiger partial charge on any atom is -0.461 e. The molecule has 2 aromatic rings. The fourth-order valence-corrected chi connectivity index (χ4v) is 2.45. The second kappa shape index (κ2) is 7.75. The molecule has 0 aliphatic carbocycles. The largest absolute Gasteiger partial charge is 0.461 e. The third-order valence-electron chi connectivity index (χ3n) is 3.87. The van der Waals surface area contributed by atoms with Crippen LogP contribution in [-0.4, -0.2) is 5.97 Å². The molecule has 0 amide bonds. The second-order valence-electron chi connectivity index (χ2n) is 7.03. The molecule has 0 N–H and O–H groups in total. The molecule has 0 aromatic heterocycles. The second-order valence-corrected chi connectivity index (χ2v) is 7.03. The summed E-state index contributed by atoms with van der Waals surface area (Å²) in [6, 6.07) is 15.7. The number of rotatable bonds is 2. The van der Waals surface area contributed by atoms with Crippen molar-refractivity contribution in [1.82, 2.24) is 0 Å². The monoisotopic (exact) mass is 358 g/mol. The first kappa shape index (κ1) is 19.1. The third kappa shape index (κ3) is 4.86. The number of aryl methyl sites for hydroxylation is 1. The minimum atomic E-state index is -0.533. The Bertz CT molecular complexity index is 773. The first-order chi connectivity index (χ1) is 11.4. The Labute approximate surface area is 155 Å². The number of fused-ring (bicyclic) bond motifs is 1. The summed E-state index contributed by atoms with van der Waals surface area (Å²) in [5.41, 5.74) is 1.72. The fraction of sp³-hybridized carbons (Fsp3) is 0.286. The summed E-state index contributed by atoms with van der Waals surface area (Å²) in [6.45, 7) is 5.51. The van der Waals surface area contributed by atoms with Crippen LogP contribution < -0.4 is 9.47 Å². The fourth-order valence-electron chi connectivity index (χ4n) is 2.45. The molecule has 1 aliphatic rings. The number of benzene rings is 2. The number of halogens is 1. The zero-order chi connectivity index (χ0) is 17.2. The standard InChI is InChI=1S/C21H22O3.ClH/c1-21(2,3)20(22)24-18-12-10-16-9-11-17(23-19(16)14-18)13-15-7-5-4-6-8-15;/h4-8,10,12-14H,9,11H2,1-3H3;1H. The molecule has 1 aliphatic heterocycles. The Balaban J connectivity index is 0.00000225. The average molecular weight is 359 g/mol. The highest BCUT2D eigenvalue weighted by Gasteiger charge is 2.24. The van der Waals surface area contributed by atoms with Gasteiger partial charge in [0.05, 0.1) is 5.41 Å². The van der Waals surface area contributed by atoms with Crippen molar-refractivity contribution in [2.24, 2.45) is 5.41 Å². The van der Waals surface area contributed by atoms with Crippen molar-refractivity contribution in [3.8, 4) is 11.5 Å². The average Bonchev–Trinajstić information content (AvgIpc) is 2.54. The van der Waals surface area contributed by atoms with Crippen molar-refractivity contribution in [3.05, 3.63) is 65.4 Å². The molecule has 1 heterocycles. The summed E-state index contributed by atoms with van der Waals surface area (Å²) in [4.78, 5) is 12.0. The van der Waals surface area contributed by atoms with E-state index in [1.165, 1.54) is 0 Å². The van der Waals surface area contributed by atoms with Crippen LogP contribution in [0.5, 0.6) is 11.5 Å². The SMILES string of the molecule is CC(C)(C)C(=O)Oc1ccc2c(c1)OC(=Cc1ccccc1)CC2.Cl. The highest BCUT2D eigenvalue weighted by molar-refractivity contribution is 5.85. The summed E-state index contributed by atoms with van der Waals surface area (Å²) in [5, 5.41) is 0. The van der Waals surface area contributed by atoms with Crippen LogP contribution in [0.2, 0.25) is 0 Å². The van der Waals surface area contributed by atoms with E-state index in [9.17, 15) is 4.79 Å². The summed E-state index contributed by atoms with van der Waals surface area (Å²) < 4.78 is 11.5. The molecular formula is C21H23ClO3. The van der Waals surface area contributed by atoms with E-state index < -0.39 is 5.41 Å². The Morgan fingerprint density at radius 2 is 1.80 bits per heavy atom. The molecule has 0 saturated heterocycles. The Hall–Kier alpha value is -2.26. The maximum atomic E-state index is 12.0. The molecule has 0 bridgehead atoms. The lowest BCUT2D eigenvalue weighted by molar-refractivity contribution is -0.143. The van der Waals surface area contributed by atoms with Gasteiger partial charge >= 0.3 is 5.97 Å². The van der Waals surface area contributed by atoms with Gasteiger partial charge in [-0.1, -0.05) is 36.4 Å². The van der Waals surface area contributed by atoms with Crippen LogP contribution in [0.15, 0.2) is 54.3 Å². The molecule has 0 radical (unpaired) electrons. The molecule has 3 rings (SSSR count). The van der Waals surface area contributed by atoms with Gasteiger partial charge in [0, 0.05) is 12.5 Å². The van der Waals surface area contributed by atoms with Crippen molar-refractivity contribution in [2.45, 2.75) is 33.6 Å². The van der Waals surface area contributed by atoms with Crippen LogP contribution in [-0.2, 0) is 11.2 Å². The molecule has 3 nitrogen and oxygen atoms in total. The van der Waals surface area contributed by atoms with E-state index in [-0.39, 0.29) is 18.4 Å². The maximum absolute atomic E-state index is 12.0. The van der Waals surface area contributed by atoms with Crippen molar-refractivity contribution >= 4 is 24.5 Å². The van der Waals surface area contributed by atoms with E-state index >= 15 is 0 Å². The van der Waals surface area contributed by atoms with Gasteiger partial charge in [0.25, 0.3) is 0 Å². The van der Waals surface area contributed by atoms with E-state index in [4.69, 9.17) is 9.47 Å². The summed E-state index contributed by atoms with van der Waals surface area (Å²) in [5.74, 6) is 1.96. The normalized spacial score (nSPS) is 14.9. The summed E-state index contributed by atoms with van der Waals surface area (Å²) in [6.07, 6.45) is 3.83. The van der Waals surface area contributed by atoms with E-state index in [1.807, 2.05) is 63.2 Å². The molecule has 0 fully saturated rings. The number of hydrogen-bond donors (Lipinski definition) is 0. The van der Waals surface area contributed by atoms with Gasteiger partial charge in [-0.25, -0.2) is 0 Å². The lowest BCUT2D eigenvalue weighted by atomic mass is 9.97. The van der Waals surface area contributed by atoms with Crippen molar-refractivity contribution in [1.29, 1.82) is 0 Å². The zero-order valence-corrected chi connectivity index (χ0v) is 15.6. The predicted octanol–water partition coefficient (Wildman–Crippen LogP) is 5.43. The van der Waals surface area contributed by atoms with Gasteiger partial charge in [-0.05, 0) is 50.5 Å². The Morgan fingerprint density at radius 1 is 1.08 bits per heavy atom. The lowest BCUT2D eigenvalue weighted by Crippen LogP contribution is -2.25. The molecule has 0 spiro atoms. The van der Waals surface area contributed by atoms with Gasteiger partial charge in [-0.15, -0.1) is 12.4 Å². The van der Waals surface area contributed by atoms with Gasteiger partial charge in [-0.2, -0.15) is 0 Å². The molecule has 4 heteroatoms. The number of carbonyl (C=O) groups excluding carboxylic acids is 1. The summed E-state index contributed by atoms with van der Waals surface area (Å²) >= 11 is 0. The van der Waals surface area contributed by atoms with Crippen molar-refractivity contribution in [3.63, 3.8) is 0 Å². The van der Waals surface area contributed by atoms with Crippen LogP contribution in [0.1, 0.15) is 38.3 Å². The van der Waals surface area contributed by atoms with E-state index in [1.54, 1.807) is 6.07 Å². The molecule has 0 saturated carbocycles. The van der Waals surface area contributed by atoms with Crippen molar-refractivity contribution < 1.29 is 14.3 Å². The van der Waals surface area contributed by atoms with Gasteiger partial charge in [0.2, 0.25) is 0 Å². The maximum Gasteiger partial charge on any atom is 0.316 e. The first-order valence-corrected chi connectivity index (χ1v) is 8.20. The van der Waals surface area contributed by atoms with Crippen molar-refractivity contribution in [2.75, 3.05) is 0 Å². The molecule has 0 unspecified atom stereocenters. The number of hydrogen-bond acceptors (Lipinski definition) is 3. The zero-order valence-electron chi connectivity index (χ0n) is 14.7. The highest BCUT2D eigenvalue weighted by Crippen LogP contribution is 2.34. The number of ether oxygens (including phenoxy) is 2. The minimum absolute atomic E-state index is 0. The molecule has 132 valence electrons. The van der Waals surface area contributed by atoms with E-state index in [2.05, 4.69) is 6.08 Å². The van der Waals surface area contributed by atoms with Crippen LogP contribution in [0.3, 0.4) is 0 Å². The van der Waals surface area contributed by atoms with E-state index in [0.29, 0.717) is 5.75 Å². The molecular weight excluding hydrogens is 336 g/mol. The van der Waals surface area contributed by atoms with Crippen LogP contribution >= 0.6 is 12.4 Å². The summed E-state index contributed by atoms with van der Waals surface area (Å²) in [7, 11) is 0. The predicted molar refractivity (Wildman–Crippen MR) is 102 cm³/mol. The van der Waals surface area contributed by atoms with Gasteiger partial charge in [-0.3, -0.25) is 4.79 Å². The molecule has 2 aromatic carbocycles. The molecule has 25 heavy (non-hydrogen) atoms. The number of esters is 1. The smallest absolute Gasteiger partial charge is 0.316 e. The topological polar surface area (TPSA) is 35.5 Å². The first-order valence-electron chi connectivity index (χ1n) is 8.20. The van der Waals surface area contributed by atoms with Gasteiger partial charge in [0.1, 0.15) is 17.3 Å². The Morgan fingerprint density at radius 3 is 2.48 bits per heavy atom. The van der Waals surface area contributed by atoms with Gasteiger partial charge in [0.15, 0.2) is 0 Å². The Kier molecular flexibility index (Phi) is 5.91. The third-order valence-corrected chi connectivity index (χ3v) is 3.87. The number of carbonyl (C=O) groups is 1. The van der Waals surface area contributed by atoms with Crippen LogP contribution in [0.25, 0.3) is 6.08 Å². The quantitative estimate of drug-likeness (QED) is 0.530.